The summed E-state index contributed by atoms with van der Waals surface area (Å²) in [7, 11) is 0. The van der Waals surface area contributed by atoms with E-state index in [4.69, 9.17) is 4.74 Å². The summed E-state index contributed by atoms with van der Waals surface area (Å²) in [4.78, 5) is 35.2. The maximum absolute atomic E-state index is 11.8. The number of carbonyl (C=O) groups is 1. The molecule has 0 atom stereocenters. The highest BCUT2D eigenvalue weighted by atomic mass is 16.5. The lowest BCUT2D eigenvalue weighted by Crippen LogP contribution is -2.48. The predicted octanol–water partition coefficient (Wildman–Crippen LogP) is 3.43. The Labute approximate surface area is 221 Å². The Bertz CT molecular complexity index is 1420. The first-order valence-corrected chi connectivity index (χ1v) is 12.8. The largest absolute Gasteiger partial charge is 0.378 e. The molecule has 1 aromatic carbocycles. The van der Waals surface area contributed by atoms with Crippen LogP contribution in [0.2, 0.25) is 0 Å². The Balaban J connectivity index is 1.11. The zero-order chi connectivity index (χ0) is 25.9. The molecule has 2 N–H and O–H groups in total. The number of ether oxygens (including phenoxy) is 1. The first kappa shape index (κ1) is 23.9. The molecule has 1 amide bonds. The molecule has 0 saturated carbocycles. The van der Waals surface area contributed by atoms with Gasteiger partial charge in [0, 0.05) is 62.2 Å². The van der Waals surface area contributed by atoms with Gasteiger partial charge >= 0.3 is 0 Å². The van der Waals surface area contributed by atoms with Gasteiger partial charge in [-0.3, -0.25) is 4.79 Å². The summed E-state index contributed by atoms with van der Waals surface area (Å²) in [6.07, 6.45) is 6.79. The van der Waals surface area contributed by atoms with Crippen LogP contribution in [0.5, 0.6) is 0 Å². The highest BCUT2D eigenvalue weighted by molar-refractivity contribution is 5.94. The average molecular weight is 511 g/mol. The molecule has 2 aliphatic heterocycles. The molecule has 0 spiro atoms. The molecule has 6 rings (SSSR count). The van der Waals surface area contributed by atoms with Crippen LogP contribution in [-0.2, 0) is 9.53 Å². The number of nitrogens with zero attached hydrogens (tertiary/aromatic N) is 6. The van der Waals surface area contributed by atoms with Gasteiger partial charge in [0.1, 0.15) is 5.82 Å². The molecule has 5 heterocycles. The van der Waals surface area contributed by atoms with Crippen molar-refractivity contribution >= 4 is 40.0 Å². The van der Waals surface area contributed by atoms with E-state index in [0.29, 0.717) is 32.1 Å². The number of amides is 1. The number of carbonyl (C=O) groups excluding carboxylic acids is 1. The fourth-order valence-corrected chi connectivity index (χ4v) is 4.93. The lowest BCUT2D eigenvalue weighted by Gasteiger charge is -2.34. The smallest absolute Gasteiger partial charge is 0.246 e. The van der Waals surface area contributed by atoms with Crippen LogP contribution < -0.4 is 15.1 Å². The van der Waals surface area contributed by atoms with Gasteiger partial charge in [-0.25, -0.2) is 15.0 Å². The van der Waals surface area contributed by atoms with Gasteiger partial charge in [0.05, 0.1) is 36.8 Å². The standard InChI is InChI=1S/C28H30N8O2/c1-2-26(37)34-9-11-36(12-10-34)28-30-18-22(19-31-28)32-21-5-3-20(4-6-21)25-17-23-24(33-25)7-8-29-27(23)35-13-15-38-16-14-35/h2-8,17-19,32-33H,1,9-16H2. The van der Waals surface area contributed by atoms with E-state index in [1.54, 1.807) is 17.3 Å². The molecule has 2 saturated heterocycles. The maximum Gasteiger partial charge on any atom is 0.246 e. The van der Waals surface area contributed by atoms with E-state index in [1.165, 1.54) is 6.08 Å². The molecule has 2 aliphatic rings. The van der Waals surface area contributed by atoms with Crippen LogP contribution in [0.3, 0.4) is 0 Å². The summed E-state index contributed by atoms with van der Waals surface area (Å²) in [6, 6.07) is 12.5. The van der Waals surface area contributed by atoms with Crippen molar-refractivity contribution in [1.82, 2.24) is 24.8 Å². The van der Waals surface area contributed by atoms with Gasteiger partial charge in [0.2, 0.25) is 11.9 Å². The number of rotatable bonds is 6. The van der Waals surface area contributed by atoms with E-state index in [9.17, 15) is 4.79 Å². The van der Waals surface area contributed by atoms with E-state index in [-0.39, 0.29) is 5.91 Å². The number of piperazine rings is 1. The third-order valence-corrected chi connectivity index (χ3v) is 7.01. The van der Waals surface area contributed by atoms with Crippen LogP contribution in [0.4, 0.5) is 23.1 Å². The van der Waals surface area contributed by atoms with Crippen molar-refractivity contribution in [2.45, 2.75) is 0 Å². The molecule has 10 nitrogen and oxygen atoms in total. The molecule has 194 valence electrons. The number of hydrogen-bond donors (Lipinski definition) is 2. The van der Waals surface area contributed by atoms with Gasteiger partial charge in [-0.15, -0.1) is 0 Å². The van der Waals surface area contributed by atoms with Crippen LogP contribution >= 0.6 is 0 Å². The van der Waals surface area contributed by atoms with Crippen LogP contribution in [0.15, 0.2) is 67.6 Å². The highest BCUT2D eigenvalue weighted by Crippen LogP contribution is 2.31. The van der Waals surface area contributed by atoms with Gasteiger partial charge in [-0.1, -0.05) is 18.7 Å². The third-order valence-electron chi connectivity index (χ3n) is 7.01. The first-order chi connectivity index (χ1) is 18.7. The Morgan fingerprint density at radius 1 is 0.921 bits per heavy atom. The molecule has 38 heavy (non-hydrogen) atoms. The van der Waals surface area contributed by atoms with Crippen molar-refractivity contribution in [3.63, 3.8) is 0 Å². The Kier molecular flexibility index (Phi) is 6.62. The fourth-order valence-electron chi connectivity index (χ4n) is 4.93. The minimum absolute atomic E-state index is 0.0320. The van der Waals surface area contributed by atoms with E-state index in [1.807, 2.05) is 24.4 Å². The zero-order valence-corrected chi connectivity index (χ0v) is 21.1. The second-order valence-corrected chi connectivity index (χ2v) is 9.37. The Morgan fingerprint density at radius 2 is 1.66 bits per heavy atom. The van der Waals surface area contributed by atoms with Gasteiger partial charge in [0.25, 0.3) is 0 Å². The molecule has 10 heteroatoms. The van der Waals surface area contributed by atoms with Gasteiger partial charge in [-0.05, 0) is 35.9 Å². The number of nitrogens with one attached hydrogen (secondary N) is 2. The van der Waals surface area contributed by atoms with Crippen molar-refractivity contribution in [2.75, 3.05) is 67.6 Å². The number of hydrogen-bond acceptors (Lipinski definition) is 8. The summed E-state index contributed by atoms with van der Waals surface area (Å²) in [5.41, 5.74) is 4.99. The van der Waals surface area contributed by atoms with Gasteiger partial charge in [-0.2, -0.15) is 0 Å². The number of aromatic amines is 1. The SMILES string of the molecule is C=CC(=O)N1CCN(c2ncc(Nc3ccc(-c4cc5c(N6CCOCC6)nccc5[nH]4)cc3)cn2)CC1. The number of benzene rings is 1. The summed E-state index contributed by atoms with van der Waals surface area (Å²) in [5, 5.41) is 4.50. The Morgan fingerprint density at radius 3 is 2.37 bits per heavy atom. The summed E-state index contributed by atoms with van der Waals surface area (Å²) < 4.78 is 5.50. The Hall–Kier alpha value is -4.44. The summed E-state index contributed by atoms with van der Waals surface area (Å²) in [6.45, 7) is 9.40. The number of aromatic nitrogens is 4. The number of H-pyrrole nitrogens is 1. The molecule has 0 bridgehead atoms. The van der Waals surface area contributed by atoms with Crippen LogP contribution in [0, 0.1) is 0 Å². The predicted molar refractivity (Wildman–Crippen MR) is 149 cm³/mol. The molecule has 0 aliphatic carbocycles. The van der Waals surface area contributed by atoms with Crippen LogP contribution in [0.1, 0.15) is 0 Å². The molecule has 4 aromatic rings. The van der Waals surface area contributed by atoms with Gasteiger partial charge in [0.15, 0.2) is 0 Å². The third kappa shape index (κ3) is 4.90. The van der Waals surface area contributed by atoms with Crippen molar-refractivity contribution in [2.24, 2.45) is 0 Å². The molecule has 0 unspecified atom stereocenters. The quantitative estimate of drug-likeness (QED) is 0.381. The molecular weight excluding hydrogens is 480 g/mol. The van der Waals surface area contributed by atoms with Crippen molar-refractivity contribution < 1.29 is 9.53 Å². The second kappa shape index (κ2) is 10.5. The maximum atomic E-state index is 11.8. The zero-order valence-electron chi connectivity index (χ0n) is 21.1. The lowest BCUT2D eigenvalue weighted by molar-refractivity contribution is -0.126. The number of pyridine rings is 1. The number of anilines is 4. The molecule has 3 aromatic heterocycles. The minimum Gasteiger partial charge on any atom is -0.378 e. The number of morpholine rings is 1. The second-order valence-electron chi connectivity index (χ2n) is 9.37. The van der Waals surface area contributed by atoms with Crippen LogP contribution in [0.25, 0.3) is 22.2 Å². The molecule has 2 fully saturated rings. The normalized spacial score (nSPS) is 16.1. The molecule has 0 radical (unpaired) electrons. The monoisotopic (exact) mass is 510 g/mol. The van der Waals surface area contributed by atoms with E-state index in [2.05, 4.69) is 59.8 Å². The average Bonchev–Trinajstić information content (AvgIpc) is 3.43. The summed E-state index contributed by atoms with van der Waals surface area (Å²) >= 11 is 0. The van der Waals surface area contributed by atoms with E-state index < -0.39 is 0 Å². The van der Waals surface area contributed by atoms with Crippen LogP contribution in [-0.4, -0.2) is 83.2 Å². The van der Waals surface area contributed by atoms with Crippen molar-refractivity contribution in [1.29, 1.82) is 0 Å². The minimum atomic E-state index is -0.0320. The van der Waals surface area contributed by atoms with E-state index in [0.717, 1.165) is 65.7 Å². The molecular formula is C28H30N8O2. The van der Waals surface area contributed by atoms with Crippen molar-refractivity contribution in [3.8, 4) is 11.3 Å². The van der Waals surface area contributed by atoms with E-state index >= 15 is 0 Å². The fraction of sp³-hybridized carbons (Fsp3) is 0.286. The first-order valence-electron chi connectivity index (χ1n) is 12.8. The number of fused-ring (bicyclic) bond motifs is 1. The lowest BCUT2D eigenvalue weighted by atomic mass is 10.1. The van der Waals surface area contributed by atoms with Gasteiger partial charge < -0.3 is 29.7 Å². The van der Waals surface area contributed by atoms with Crippen molar-refractivity contribution in [3.05, 3.63) is 67.6 Å². The summed E-state index contributed by atoms with van der Waals surface area (Å²) in [5.74, 6) is 1.64. The highest BCUT2D eigenvalue weighted by Gasteiger charge is 2.21. The topological polar surface area (TPSA) is 103 Å².